The lowest BCUT2D eigenvalue weighted by atomic mass is 9.90. The Labute approximate surface area is 113 Å². The molecule has 1 rings (SSSR count). The molecule has 1 aliphatic heterocycles. The third-order valence-electron chi connectivity index (χ3n) is 2.69. The SMILES string of the molecule is C=C(C)CC1CN(C(=O)OC(C)(C)C)C(=O)CC1=O. The Morgan fingerprint density at radius 1 is 1.42 bits per heavy atom. The van der Waals surface area contributed by atoms with E-state index in [4.69, 9.17) is 4.74 Å². The van der Waals surface area contributed by atoms with Gasteiger partial charge in [-0.15, -0.1) is 6.58 Å². The van der Waals surface area contributed by atoms with Crippen LogP contribution in [0, 0.1) is 5.92 Å². The molecule has 5 heteroatoms. The minimum absolute atomic E-state index is 0.0828. The number of likely N-dealkylation sites (tertiary alicyclic amines) is 1. The number of carbonyl (C=O) groups excluding carboxylic acids is 3. The number of rotatable bonds is 2. The molecule has 1 heterocycles. The smallest absolute Gasteiger partial charge is 0.417 e. The lowest BCUT2D eigenvalue weighted by molar-refractivity contribution is -0.141. The molecule has 5 nitrogen and oxygen atoms in total. The molecule has 106 valence electrons. The first-order valence-electron chi connectivity index (χ1n) is 6.30. The van der Waals surface area contributed by atoms with Crippen LogP contribution < -0.4 is 0 Å². The Morgan fingerprint density at radius 3 is 2.47 bits per heavy atom. The average molecular weight is 267 g/mol. The lowest BCUT2D eigenvalue weighted by Crippen LogP contribution is -2.49. The van der Waals surface area contributed by atoms with E-state index in [1.807, 2.05) is 6.92 Å². The molecular weight excluding hydrogens is 246 g/mol. The Kier molecular flexibility index (Phi) is 4.50. The summed E-state index contributed by atoms with van der Waals surface area (Å²) >= 11 is 0. The minimum Gasteiger partial charge on any atom is -0.443 e. The standard InChI is InChI=1S/C14H21NO4/c1-9(2)6-10-8-15(12(17)7-11(10)16)13(18)19-14(3,4)5/h10H,1,6-8H2,2-5H3. The molecule has 0 N–H and O–H groups in total. The van der Waals surface area contributed by atoms with Crippen LogP contribution in [-0.4, -0.2) is 34.8 Å². The summed E-state index contributed by atoms with van der Waals surface area (Å²) in [6, 6.07) is 0. The van der Waals surface area contributed by atoms with Gasteiger partial charge >= 0.3 is 6.09 Å². The van der Waals surface area contributed by atoms with Crippen molar-refractivity contribution < 1.29 is 19.1 Å². The van der Waals surface area contributed by atoms with Crippen LogP contribution in [0.25, 0.3) is 0 Å². The highest BCUT2D eigenvalue weighted by Crippen LogP contribution is 2.22. The first kappa shape index (κ1) is 15.4. The monoisotopic (exact) mass is 267 g/mol. The maximum atomic E-state index is 11.9. The van der Waals surface area contributed by atoms with E-state index in [2.05, 4.69) is 6.58 Å². The molecule has 0 bridgehead atoms. The van der Waals surface area contributed by atoms with Gasteiger partial charge in [0.2, 0.25) is 5.91 Å². The zero-order chi connectivity index (χ0) is 14.8. The molecule has 1 atom stereocenters. The van der Waals surface area contributed by atoms with Gasteiger partial charge in [0.1, 0.15) is 11.4 Å². The number of ketones is 1. The van der Waals surface area contributed by atoms with Crippen LogP contribution in [0.15, 0.2) is 12.2 Å². The molecule has 0 aliphatic carbocycles. The van der Waals surface area contributed by atoms with Gasteiger partial charge in [0.05, 0.1) is 6.42 Å². The zero-order valence-electron chi connectivity index (χ0n) is 12.0. The van der Waals surface area contributed by atoms with E-state index >= 15 is 0 Å². The molecule has 2 amide bonds. The number of hydrogen-bond acceptors (Lipinski definition) is 4. The van der Waals surface area contributed by atoms with E-state index in [-0.39, 0.29) is 24.7 Å². The van der Waals surface area contributed by atoms with Crippen LogP contribution in [0.2, 0.25) is 0 Å². The highest BCUT2D eigenvalue weighted by atomic mass is 16.6. The predicted octanol–water partition coefficient (Wildman–Crippen LogP) is 2.31. The van der Waals surface area contributed by atoms with Crippen LogP contribution in [0.4, 0.5) is 4.79 Å². The van der Waals surface area contributed by atoms with E-state index < -0.39 is 17.6 Å². The maximum Gasteiger partial charge on any atom is 0.417 e. The van der Waals surface area contributed by atoms with Crippen molar-refractivity contribution in [3.8, 4) is 0 Å². The molecule has 0 saturated carbocycles. The fraction of sp³-hybridized carbons (Fsp3) is 0.643. The van der Waals surface area contributed by atoms with E-state index in [1.54, 1.807) is 20.8 Å². The van der Waals surface area contributed by atoms with E-state index in [0.29, 0.717) is 6.42 Å². The molecule has 0 aromatic heterocycles. The van der Waals surface area contributed by atoms with Crippen LogP contribution >= 0.6 is 0 Å². The Hall–Kier alpha value is -1.65. The van der Waals surface area contributed by atoms with Crippen molar-refractivity contribution in [3.05, 3.63) is 12.2 Å². The molecule has 0 spiro atoms. The van der Waals surface area contributed by atoms with E-state index in [1.165, 1.54) is 0 Å². The van der Waals surface area contributed by atoms with Gasteiger partial charge in [-0.3, -0.25) is 9.59 Å². The summed E-state index contributed by atoms with van der Waals surface area (Å²) in [6.07, 6.45) is -0.431. The van der Waals surface area contributed by atoms with Gasteiger partial charge < -0.3 is 4.74 Å². The van der Waals surface area contributed by atoms with Crippen molar-refractivity contribution in [3.63, 3.8) is 0 Å². The molecule has 0 radical (unpaired) electrons. The number of carbonyl (C=O) groups is 3. The predicted molar refractivity (Wildman–Crippen MR) is 70.5 cm³/mol. The normalized spacial score (nSPS) is 20.4. The fourth-order valence-electron chi connectivity index (χ4n) is 1.91. The number of imide groups is 1. The Balaban J connectivity index is 2.77. The van der Waals surface area contributed by atoms with Crippen LogP contribution in [0.1, 0.15) is 40.5 Å². The second kappa shape index (κ2) is 5.55. The van der Waals surface area contributed by atoms with Crippen molar-refractivity contribution >= 4 is 17.8 Å². The van der Waals surface area contributed by atoms with Crippen molar-refractivity contribution in [2.75, 3.05) is 6.54 Å². The van der Waals surface area contributed by atoms with Gasteiger partial charge in [-0.2, -0.15) is 0 Å². The number of nitrogens with zero attached hydrogens (tertiary/aromatic N) is 1. The summed E-state index contributed by atoms with van der Waals surface area (Å²) in [5.74, 6) is -0.979. The average Bonchev–Trinajstić information content (AvgIpc) is 2.18. The molecule has 1 fully saturated rings. The van der Waals surface area contributed by atoms with Gasteiger partial charge in [0.15, 0.2) is 0 Å². The summed E-state index contributed by atoms with van der Waals surface area (Å²) < 4.78 is 5.17. The van der Waals surface area contributed by atoms with Gasteiger partial charge in [-0.1, -0.05) is 5.57 Å². The van der Waals surface area contributed by atoms with Crippen molar-refractivity contribution in [2.24, 2.45) is 5.92 Å². The molecule has 1 unspecified atom stereocenters. The summed E-state index contributed by atoms with van der Waals surface area (Å²) in [4.78, 5) is 36.4. The van der Waals surface area contributed by atoms with Crippen molar-refractivity contribution in [1.82, 2.24) is 4.90 Å². The van der Waals surface area contributed by atoms with E-state index in [9.17, 15) is 14.4 Å². The second-order valence-electron chi connectivity index (χ2n) is 5.99. The lowest BCUT2D eigenvalue weighted by Gasteiger charge is -2.32. The first-order valence-corrected chi connectivity index (χ1v) is 6.30. The number of amides is 2. The van der Waals surface area contributed by atoms with Crippen LogP contribution in [-0.2, 0) is 14.3 Å². The highest BCUT2D eigenvalue weighted by Gasteiger charge is 2.37. The molecule has 19 heavy (non-hydrogen) atoms. The number of allylic oxidation sites excluding steroid dienone is 1. The topological polar surface area (TPSA) is 63.7 Å². The largest absolute Gasteiger partial charge is 0.443 e. The number of ether oxygens (including phenoxy) is 1. The zero-order valence-corrected chi connectivity index (χ0v) is 12.0. The summed E-state index contributed by atoms with van der Waals surface area (Å²) in [5.41, 5.74) is 0.194. The highest BCUT2D eigenvalue weighted by molar-refractivity contribution is 6.06. The third-order valence-corrected chi connectivity index (χ3v) is 2.69. The van der Waals surface area contributed by atoms with Gasteiger partial charge in [0, 0.05) is 12.5 Å². The molecule has 1 saturated heterocycles. The van der Waals surface area contributed by atoms with Gasteiger partial charge in [0.25, 0.3) is 0 Å². The molecule has 0 aromatic carbocycles. The number of piperidine rings is 1. The Bertz CT molecular complexity index is 420. The maximum absolute atomic E-state index is 11.9. The summed E-state index contributed by atoms with van der Waals surface area (Å²) in [6.45, 7) is 10.9. The quantitative estimate of drug-likeness (QED) is 0.569. The Morgan fingerprint density at radius 2 is 2.00 bits per heavy atom. The summed E-state index contributed by atoms with van der Waals surface area (Å²) in [5, 5.41) is 0. The van der Waals surface area contributed by atoms with Crippen molar-refractivity contribution in [1.29, 1.82) is 0 Å². The summed E-state index contributed by atoms with van der Waals surface area (Å²) in [7, 11) is 0. The number of Topliss-reactive ketones (excluding diaryl/α,β-unsaturated/α-hetero) is 1. The van der Waals surface area contributed by atoms with Gasteiger partial charge in [-0.05, 0) is 34.1 Å². The first-order chi connectivity index (χ1) is 8.60. The molecular formula is C14H21NO4. The van der Waals surface area contributed by atoms with Crippen molar-refractivity contribution in [2.45, 2.75) is 46.1 Å². The number of hydrogen-bond donors (Lipinski definition) is 0. The van der Waals surface area contributed by atoms with E-state index in [0.717, 1.165) is 10.5 Å². The molecule has 0 aromatic rings. The third kappa shape index (κ3) is 4.50. The second-order valence-corrected chi connectivity index (χ2v) is 5.99. The minimum atomic E-state index is -0.684. The van der Waals surface area contributed by atoms with Crippen LogP contribution in [0.5, 0.6) is 0 Å². The van der Waals surface area contributed by atoms with Crippen LogP contribution in [0.3, 0.4) is 0 Å². The fourth-order valence-corrected chi connectivity index (χ4v) is 1.91. The molecule has 1 aliphatic rings. The van der Waals surface area contributed by atoms with Gasteiger partial charge in [-0.25, -0.2) is 9.69 Å².